The van der Waals surface area contributed by atoms with Crippen LogP contribution in [0, 0.1) is 40.4 Å². The fourth-order valence-electron chi connectivity index (χ4n) is 5.34. The van der Waals surface area contributed by atoms with E-state index in [-0.39, 0.29) is 0 Å². The molecular formula is C19H36. The predicted molar refractivity (Wildman–Crippen MR) is 85.1 cm³/mol. The lowest BCUT2D eigenvalue weighted by atomic mass is 9.47. The molecule has 0 amide bonds. The van der Waals surface area contributed by atoms with Crippen LogP contribution in [0.3, 0.4) is 0 Å². The van der Waals surface area contributed by atoms with Gasteiger partial charge in [-0.1, -0.05) is 48.5 Å². The molecule has 0 heterocycles. The molecule has 0 nitrogen and oxygen atoms in total. The van der Waals surface area contributed by atoms with Crippen LogP contribution in [0.25, 0.3) is 0 Å². The van der Waals surface area contributed by atoms with Crippen molar-refractivity contribution in [1.82, 2.24) is 0 Å². The zero-order chi connectivity index (χ0) is 14.4. The van der Waals surface area contributed by atoms with Crippen molar-refractivity contribution >= 4 is 0 Å². The molecule has 0 saturated heterocycles. The summed E-state index contributed by atoms with van der Waals surface area (Å²) < 4.78 is 0. The Morgan fingerprint density at radius 2 is 0.895 bits per heavy atom. The van der Waals surface area contributed by atoms with Crippen LogP contribution in [-0.4, -0.2) is 0 Å². The summed E-state index contributed by atoms with van der Waals surface area (Å²) in [5.74, 6) is 5.53. The summed E-state index contributed by atoms with van der Waals surface area (Å²) in [5, 5.41) is 0. The van der Waals surface area contributed by atoms with Crippen molar-refractivity contribution in [2.24, 2.45) is 40.4 Å². The normalized spacial score (nSPS) is 40.9. The van der Waals surface area contributed by atoms with Crippen LogP contribution in [0.15, 0.2) is 0 Å². The van der Waals surface area contributed by atoms with Crippen molar-refractivity contribution in [3.8, 4) is 0 Å². The summed E-state index contributed by atoms with van der Waals surface area (Å²) in [6.07, 6.45) is 7.90. The Morgan fingerprint density at radius 1 is 0.579 bits per heavy atom. The monoisotopic (exact) mass is 264 g/mol. The third kappa shape index (κ3) is 3.99. The third-order valence-electron chi connectivity index (χ3n) is 5.23. The molecule has 0 spiro atoms. The van der Waals surface area contributed by atoms with Crippen LogP contribution >= 0.6 is 0 Å². The van der Waals surface area contributed by atoms with E-state index in [0.717, 1.165) is 29.6 Å². The van der Waals surface area contributed by atoms with Gasteiger partial charge in [0.25, 0.3) is 0 Å². The van der Waals surface area contributed by atoms with E-state index in [9.17, 15) is 0 Å². The molecule has 0 atom stereocenters. The third-order valence-corrected chi connectivity index (χ3v) is 5.23. The molecule has 4 aliphatic rings. The molecule has 112 valence electrons. The lowest BCUT2D eigenvalue weighted by Gasteiger charge is -2.58. The van der Waals surface area contributed by atoms with Crippen molar-refractivity contribution in [3.63, 3.8) is 0 Å². The molecule has 0 N–H and O–H groups in total. The summed E-state index contributed by atoms with van der Waals surface area (Å²) in [6.45, 7) is 16.2. The van der Waals surface area contributed by atoms with Gasteiger partial charge in [-0.25, -0.2) is 0 Å². The fourth-order valence-corrected chi connectivity index (χ4v) is 5.34. The fraction of sp³-hybridized carbons (Fsp3) is 1.00. The van der Waals surface area contributed by atoms with E-state index in [1.165, 1.54) is 0 Å². The standard InChI is InChI=1S/C14H24.C5H12/c1-14(2,3)13-11-5-9-4-10(7-11)8-12(13)6-9;1-5(2,3)4/h9-13H,4-8H2,1-3H3;1-4H3. The van der Waals surface area contributed by atoms with E-state index in [1.807, 2.05) is 0 Å². The van der Waals surface area contributed by atoms with Gasteiger partial charge in [0.2, 0.25) is 0 Å². The summed E-state index contributed by atoms with van der Waals surface area (Å²) in [6, 6.07) is 0. The zero-order valence-electron chi connectivity index (χ0n) is 14.4. The highest BCUT2D eigenvalue weighted by Gasteiger charge is 2.51. The SMILES string of the molecule is CC(C)(C)C.CC(C)(C)C1C2CC3CC(C2)CC1C3. The smallest absolute Gasteiger partial charge is 0.0308 e. The quantitative estimate of drug-likeness (QED) is 0.491. The maximum atomic E-state index is 2.47. The van der Waals surface area contributed by atoms with Crippen LogP contribution in [0.4, 0.5) is 0 Å². The molecule has 4 fully saturated rings. The molecule has 19 heavy (non-hydrogen) atoms. The highest BCUT2D eigenvalue weighted by Crippen LogP contribution is 2.60. The molecule has 4 bridgehead atoms. The van der Waals surface area contributed by atoms with Crippen LogP contribution < -0.4 is 0 Å². The van der Waals surface area contributed by atoms with Gasteiger partial charge >= 0.3 is 0 Å². The van der Waals surface area contributed by atoms with Gasteiger partial charge in [-0.15, -0.1) is 0 Å². The minimum absolute atomic E-state index is 0.500. The molecule has 0 aromatic rings. The highest BCUT2D eigenvalue weighted by atomic mass is 14.6. The van der Waals surface area contributed by atoms with Gasteiger partial charge in [0.15, 0.2) is 0 Å². The van der Waals surface area contributed by atoms with Crippen molar-refractivity contribution in [3.05, 3.63) is 0 Å². The van der Waals surface area contributed by atoms with Crippen molar-refractivity contribution in [1.29, 1.82) is 0 Å². The molecular weight excluding hydrogens is 228 g/mol. The average molecular weight is 264 g/mol. The number of hydrogen-bond donors (Lipinski definition) is 0. The Labute approximate surface area is 121 Å². The van der Waals surface area contributed by atoms with E-state index in [1.54, 1.807) is 32.1 Å². The molecule has 4 aliphatic carbocycles. The second kappa shape index (κ2) is 5.08. The molecule has 0 radical (unpaired) electrons. The van der Waals surface area contributed by atoms with Crippen molar-refractivity contribution < 1.29 is 0 Å². The first-order valence-electron chi connectivity index (χ1n) is 8.54. The van der Waals surface area contributed by atoms with Gasteiger partial charge in [-0.05, 0) is 72.5 Å². The summed E-state index contributed by atoms with van der Waals surface area (Å²) in [4.78, 5) is 0. The Kier molecular flexibility index (Phi) is 4.11. The zero-order valence-corrected chi connectivity index (χ0v) is 14.4. The Hall–Kier alpha value is 0. The second-order valence-corrected chi connectivity index (χ2v) is 10.3. The Bertz CT molecular complexity index is 265. The van der Waals surface area contributed by atoms with Gasteiger partial charge in [0.1, 0.15) is 0 Å². The van der Waals surface area contributed by atoms with Crippen LogP contribution in [0.2, 0.25) is 0 Å². The Balaban J connectivity index is 0.000000232. The van der Waals surface area contributed by atoms with Crippen LogP contribution in [0.1, 0.15) is 80.6 Å². The number of hydrogen-bond acceptors (Lipinski definition) is 0. The van der Waals surface area contributed by atoms with Gasteiger partial charge in [-0.2, -0.15) is 0 Å². The first kappa shape index (κ1) is 15.4. The van der Waals surface area contributed by atoms with E-state index in [4.69, 9.17) is 0 Å². The average Bonchev–Trinajstić information content (AvgIpc) is 2.09. The first-order chi connectivity index (χ1) is 8.54. The van der Waals surface area contributed by atoms with Gasteiger partial charge in [-0.3, -0.25) is 0 Å². The minimum Gasteiger partial charge on any atom is -0.0604 e. The summed E-state index contributed by atoms with van der Waals surface area (Å²) in [7, 11) is 0. The van der Waals surface area contributed by atoms with E-state index < -0.39 is 0 Å². The molecule has 4 rings (SSSR count). The highest BCUT2D eigenvalue weighted by molar-refractivity contribution is 5.01. The van der Waals surface area contributed by atoms with Gasteiger partial charge < -0.3 is 0 Å². The largest absolute Gasteiger partial charge is 0.0604 e. The van der Waals surface area contributed by atoms with Crippen molar-refractivity contribution in [2.75, 3.05) is 0 Å². The van der Waals surface area contributed by atoms with Gasteiger partial charge in [0, 0.05) is 0 Å². The predicted octanol–water partition coefficient (Wildman–Crippen LogP) is 6.16. The topological polar surface area (TPSA) is 0 Å². The van der Waals surface area contributed by atoms with Crippen LogP contribution in [0.5, 0.6) is 0 Å². The lowest BCUT2D eigenvalue weighted by Crippen LogP contribution is -2.49. The van der Waals surface area contributed by atoms with E-state index in [2.05, 4.69) is 48.5 Å². The molecule has 4 saturated carbocycles. The van der Waals surface area contributed by atoms with Crippen LogP contribution in [-0.2, 0) is 0 Å². The minimum atomic E-state index is 0.500. The molecule has 0 heteroatoms. The maximum absolute atomic E-state index is 2.47. The molecule has 0 aliphatic heterocycles. The Morgan fingerprint density at radius 3 is 1.16 bits per heavy atom. The number of rotatable bonds is 0. The maximum Gasteiger partial charge on any atom is -0.0308 e. The van der Waals surface area contributed by atoms with E-state index in [0.29, 0.717) is 10.8 Å². The van der Waals surface area contributed by atoms with Crippen molar-refractivity contribution in [2.45, 2.75) is 80.6 Å². The van der Waals surface area contributed by atoms with Gasteiger partial charge in [0.05, 0.1) is 0 Å². The molecule has 0 aromatic heterocycles. The lowest BCUT2D eigenvalue weighted by molar-refractivity contribution is -0.0811. The van der Waals surface area contributed by atoms with E-state index >= 15 is 0 Å². The summed E-state index contributed by atoms with van der Waals surface area (Å²) >= 11 is 0. The first-order valence-corrected chi connectivity index (χ1v) is 8.54. The molecule has 0 unspecified atom stereocenters. The second-order valence-electron chi connectivity index (χ2n) is 10.3. The molecule has 0 aromatic carbocycles. The summed E-state index contributed by atoms with van der Waals surface area (Å²) in [5.41, 5.74) is 1.07.